The lowest BCUT2D eigenvalue weighted by molar-refractivity contribution is 0.162. The van der Waals surface area contributed by atoms with E-state index in [1.807, 2.05) is 7.05 Å². The first kappa shape index (κ1) is 14.2. The highest BCUT2D eigenvalue weighted by Gasteiger charge is 2.38. The summed E-state index contributed by atoms with van der Waals surface area (Å²) >= 11 is 0. The van der Waals surface area contributed by atoms with Crippen molar-refractivity contribution < 1.29 is 8.42 Å². The van der Waals surface area contributed by atoms with Gasteiger partial charge in [-0.2, -0.15) is 4.31 Å². The maximum absolute atomic E-state index is 12.7. The molecule has 0 aromatic rings. The largest absolute Gasteiger partial charge is 0.329 e. The van der Waals surface area contributed by atoms with Crippen molar-refractivity contribution in [3.05, 3.63) is 0 Å². The maximum atomic E-state index is 12.7. The van der Waals surface area contributed by atoms with Crippen molar-refractivity contribution in [1.29, 1.82) is 0 Å². The van der Waals surface area contributed by atoms with Gasteiger partial charge in [-0.3, -0.25) is 0 Å². The van der Waals surface area contributed by atoms with Crippen LogP contribution in [0.4, 0.5) is 0 Å². The van der Waals surface area contributed by atoms with E-state index in [4.69, 9.17) is 5.73 Å². The third-order valence-electron chi connectivity index (χ3n) is 4.20. The Kier molecular flexibility index (Phi) is 4.64. The van der Waals surface area contributed by atoms with Gasteiger partial charge >= 0.3 is 0 Å². The predicted molar refractivity (Wildman–Crippen MR) is 72.8 cm³/mol. The molecule has 0 aromatic carbocycles. The maximum Gasteiger partial charge on any atom is 0.217 e. The quantitative estimate of drug-likeness (QED) is 0.800. The predicted octanol–water partition coefficient (Wildman–Crippen LogP) is 0.224. The van der Waals surface area contributed by atoms with Crippen LogP contribution in [0.1, 0.15) is 32.1 Å². The molecular weight excluding hydrogens is 250 g/mol. The lowest BCUT2D eigenvalue weighted by Crippen LogP contribution is -2.58. The average Bonchev–Trinajstić information content (AvgIpc) is 2.39. The average molecular weight is 275 g/mol. The Morgan fingerprint density at radius 2 is 1.83 bits per heavy atom. The molecule has 1 aliphatic carbocycles. The standard InChI is InChI=1S/C12H25N3O2S/c1-14-7-8-15(11(9-13)10-14)18(16,17)12-5-3-2-4-6-12/h11-12H,2-10,13H2,1H3. The SMILES string of the molecule is CN1CCN(S(=O)(=O)C2CCCCC2)C(CN)C1. The molecule has 1 heterocycles. The highest BCUT2D eigenvalue weighted by Crippen LogP contribution is 2.27. The summed E-state index contributed by atoms with van der Waals surface area (Å²) in [7, 11) is -1.12. The van der Waals surface area contributed by atoms with Gasteiger partial charge in [0.05, 0.1) is 5.25 Å². The van der Waals surface area contributed by atoms with Crippen LogP contribution < -0.4 is 5.73 Å². The molecule has 1 saturated heterocycles. The van der Waals surface area contributed by atoms with E-state index in [-0.39, 0.29) is 11.3 Å². The van der Waals surface area contributed by atoms with E-state index in [1.165, 1.54) is 6.42 Å². The highest BCUT2D eigenvalue weighted by atomic mass is 32.2. The number of hydrogen-bond donors (Lipinski definition) is 1. The Labute approximate surface area is 110 Å². The Balaban J connectivity index is 2.12. The van der Waals surface area contributed by atoms with E-state index < -0.39 is 10.0 Å². The monoisotopic (exact) mass is 275 g/mol. The summed E-state index contributed by atoms with van der Waals surface area (Å²) < 4.78 is 27.0. The van der Waals surface area contributed by atoms with Crippen molar-refractivity contribution in [2.75, 3.05) is 33.2 Å². The van der Waals surface area contributed by atoms with Crippen LogP contribution in [-0.2, 0) is 10.0 Å². The molecule has 1 unspecified atom stereocenters. The zero-order chi connectivity index (χ0) is 13.2. The van der Waals surface area contributed by atoms with E-state index in [9.17, 15) is 8.42 Å². The molecule has 1 atom stereocenters. The molecule has 106 valence electrons. The third kappa shape index (κ3) is 2.87. The fraction of sp³-hybridized carbons (Fsp3) is 1.00. The topological polar surface area (TPSA) is 66.6 Å². The summed E-state index contributed by atoms with van der Waals surface area (Å²) in [6.07, 6.45) is 4.92. The molecule has 2 rings (SSSR count). The molecule has 2 aliphatic rings. The Hall–Kier alpha value is -0.170. The molecule has 2 N–H and O–H groups in total. The molecule has 5 nitrogen and oxygen atoms in total. The molecule has 2 fully saturated rings. The van der Waals surface area contributed by atoms with Gasteiger partial charge in [0, 0.05) is 32.2 Å². The Bertz CT molecular complexity index is 366. The van der Waals surface area contributed by atoms with Gasteiger partial charge in [-0.15, -0.1) is 0 Å². The second-order valence-corrected chi connectivity index (χ2v) is 7.73. The highest BCUT2D eigenvalue weighted by molar-refractivity contribution is 7.89. The molecule has 0 bridgehead atoms. The van der Waals surface area contributed by atoms with Crippen LogP contribution in [-0.4, -0.2) is 62.1 Å². The van der Waals surface area contributed by atoms with Gasteiger partial charge in [0.2, 0.25) is 10.0 Å². The van der Waals surface area contributed by atoms with Gasteiger partial charge in [0.1, 0.15) is 0 Å². The van der Waals surface area contributed by atoms with E-state index in [0.717, 1.165) is 38.8 Å². The van der Waals surface area contributed by atoms with Crippen LogP contribution in [0.15, 0.2) is 0 Å². The second kappa shape index (κ2) is 5.86. The van der Waals surface area contributed by atoms with Gasteiger partial charge < -0.3 is 10.6 Å². The summed E-state index contributed by atoms with van der Waals surface area (Å²) in [4.78, 5) is 2.16. The molecule has 6 heteroatoms. The van der Waals surface area contributed by atoms with Gasteiger partial charge in [0.25, 0.3) is 0 Å². The van der Waals surface area contributed by atoms with Crippen LogP contribution >= 0.6 is 0 Å². The first-order valence-electron chi connectivity index (χ1n) is 6.95. The van der Waals surface area contributed by atoms with E-state index in [0.29, 0.717) is 13.1 Å². The first-order valence-corrected chi connectivity index (χ1v) is 8.45. The van der Waals surface area contributed by atoms with Crippen molar-refractivity contribution in [2.24, 2.45) is 5.73 Å². The zero-order valence-electron chi connectivity index (χ0n) is 11.2. The number of hydrogen-bond acceptors (Lipinski definition) is 4. The van der Waals surface area contributed by atoms with E-state index in [2.05, 4.69) is 4.90 Å². The summed E-state index contributed by atoms with van der Waals surface area (Å²) in [6.45, 7) is 2.57. The third-order valence-corrected chi connectivity index (χ3v) is 6.65. The van der Waals surface area contributed by atoms with Gasteiger partial charge in [-0.1, -0.05) is 19.3 Å². The lowest BCUT2D eigenvalue weighted by Gasteiger charge is -2.40. The van der Waals surface area contributed by atoms with Crippen LogP contribution in [0.3, 0.4) is 0 Å². The molecule has 0 amide bonds. The van der Waals surface area contributed by atoms with Crippen LogP contribution in [0, 0.1) is 0 Å². The first-order chi connectivity index (χ1) is 8.55. The fourth-order valence-electron chi connectivity index (χ4n) is 3.08. The van der Waals surface area contributed by atoms with Crippen LogP contribution in [0.25, 0.3) is 0 Å². The van der Waals surface area contributed by atoms with Crippen molar-refractivity contribution in [3.63, 3.8) is 0 Å². The van der Waals surface area contributed by atoms with Crippen molar-refractivity contribution >= 4 is 10.0 Å². The minimum Gasteiger partial charge on any atom is -0.329 e. The number of sulfonamides is 1. The summed E-state index contributed by atoms with van der Waals surface area (Å²) in [6, 6.07) is -0.0457. The van der Waals surface area contributed by atoms with Gasteiger partial charge in [-0.25, -0.2) is 8.42 Å². The minimum atomic E-state index is -3.14. The molecule has 0 aromatic heterocycles. The van der Waals surface area contributed by atoms with Crippen molar-refractivity contribution in [3.8, 4) is 0 Å². The minimum absolute atomic E-state index is 0.0457. The van der Waals surface area contributed by atoms with Crippen molar-refractivity contribution in [1.82, 2.24) is 9.21 Å². The fourth-order valence-corrected chi connectivity index (χ4v) is 5.29. The molecule has 1 saturated carbocycles. The molecule has 0 radical (unpaired) electrons. The number of piperazine rings is 1. The van der Waals surface area contributed by atoms with Gasteiger partial charge in [-0.05, 0) is 19.9 Å². The number of nitrogens with zero attached hydrogens (tertiary/aromatic N) is 2. The van der Waals surface area contributed by atoms with Crippen LogP contribution in [0.5, 0.6) is 0 Å². The number of nitrogens with two attached hydrogens (primary N) is 1. The Morgan fingerprint density at radius 1 is 1.17 bits per heavy atom. The summed E-state index contributed by atoms with van der Waals surface area (Å²) in [5.74, 6) is 0. The molecule has 1 aliphatic heterocycles. The van der Waals surface area contributed by atoms with E-state index in [1.54, 1.807) is 4.31 Å². The van der Waals surface area contributed by atoms with Crippen molar-refractivity contribution in [2.45, 2.75) is 43.4 Å². The molecular formula is C12H25N3O2S. The molecule has 18 heavy (non-hydrogen) atoms. The zero-order valence-corrected chi connectivity index (χ0v) is 12.0. The summed E-state index contributed by atoms with van der Waals surface area (Å²) in [5, 5.41) is -0.163. The lowest BCUT2D eigenvalue weighted by atomic mass is 10.0. The Morgan fingerprint density at radius 3 is 2.44 bits per heavy atom. The second-order valence-electron chi connectivity index (χ2n) is 5.57. The normalized spacial score (nSPS) is 29.6. The number of likely N-dealkylation sites (N-methyl/N-ethyl adjacent to an activating group) is 1. The molecule has 0 spiro atoms. The number of rotatable bonds is 3. The summed E-state index contributed by atoms with van der Waals surface area (Å²) in [5.41, 5.74) is 5.75. The van der Waals surface area contributed by atoms with Gasteiger partial charge in [0.15, 0.2) is 0 Å². The van der Waals surface area contributed by atoms with Crippen LogP contribution in [0.2, 0.25) is 0 Å². The smallest absolute Gasteiger partial charge is 0.217 e. The van der Waals surface area contributed by atoms with E-state index >= 15 is 0 Å².